The molecule has 2 N–H and O–H groups in total. The fourth-order valence-electron chi connectivity index (χ4n) is 1.51. The molecule has 74 valence electrons. The SMILES string of the molecule is C=CCCN1CCNCC1C(=O)O. The fraction of sp³-hybridized carbons (Fsp3) is 0.667. The third-order valence-corrected chi connectivity index (χ3v) is 2.26. The molecule has 0 bridgehead atoms. The van der Waals surface area contributed by atoms with Gasteiger partial charge < -0.3 is 10.4 Å². The standard InChI is InChI=1S/C9H16N2O2/c1-2-3-5-11-6-4-10-7-8(11)9(12)13/h2,8,10H,1,3-7H2,(H,12,13). The lowest BCUT2D eigenvalue weighted by Gasteiger charge is -2.32. The van der Waals surface area contributed by atoms with Crippen molar-refractivity contribution < 1.29 is 9.90 Å². The molecule has 0 amide bonds. The molecule has 0 saturated carbocycles. The summed E-state index contributed by atoms with van der Waals surface area (Å²) in [6.07, 6.45) is 2.67. The molecule has 0 aromatic rings. The molecule has 0 aliphatic carbocycles. The molecule has 1 aliphatic rings. The third-order valence-electron chi connectivity index (χ3n) is 2.26. The van der Waals surface area contributed by atoms with Crippen molar-refractivity contribution in [3.8, 4) is 0 Å². The highest BCUT2D eigenvalue weighted by Crippen LogP contribution is 2.04. The normalized spacial score (nSPS) is 24.2. The van der Waals surface area contributed by atoms with E-state index in [9.17, 15) is 4.79 Å². The van der Waals surface area contributed by atoms with E-state index >= 15 is 0 Å². The minimum absolute atomic E-state index is 0.367. The molecule has 0 radical (unpaired) electrons. The Hall–Kier alpha value is -0.870. The van der Waals surface area contributed by atoms with E-state index in [-0.39, 0.29) is 6.04 Å². The van der Waals surface area contributed by atoms with Crippen LogP contribution in [0.15, 0.2) is 12.7 Å². The summed E-state index contributed by atoms with van der Waals surface area (Å²) in [6.45, 7) is 6.65. The van der Waals surface area contributed by atoms with Gasteiger partial charge in [0.15, 0.2) is 0 Å². The van der Waals surface area contributed by atoms with Crippen LogP contribution in [0, 0.1) is 0 Å². The maximum atomic E-state index is 10.8. The van der Waals surface area contributed by atoms with E-state index in [1.54, 1.807) is 0 Å². The molecule has 4 heteroatoms. The molecule has 1 aliphatic heterocycles. The zero-order valence-electron chi connectivity index (χ0n) is 7.70. The van der Waals surface area contributed by atoms with Crippen LogP contribution in [0.1, 0.15) is 6.42 Å². The van der Waals surface area contributed by atoms with E-state index in [0.29, 0.717) is 6.54 Å². The second kappa shape index (κ2) is 4.99. The highest BCUT2D eigenvalue weighted by molar-refractivity contribution is 5.73. The van der Waals surface area contributed by atoms with Gasteiger partial charge in [0, 0.05) is 26.2 Å². The molecule has 0 aromatic carbocycles. The largest absolute Gasteiger partial charge is 0.480 e. The number of hydrogen-bond acceptors (Lipinski definition) is 3. The summed E-state index contributed by atoms with van der Waals surface area (Å²) >= 11 is 0. The van der Waals surface area contributed by atoms with Crippen molar-refractivity contribution in [3.63, 3.8) is 0 Å². The quantitative estimate of drug-likeness (QED) is 0.600. The monoisotopic (exact) mass is 184 g/mol. The summed E-state index contributed by atoms with van der Waals surface area (Å²) in [4.78, 5) is 12.8. The van der Waals surface area contributed by atoms with Gasteiger partial charge in [0.05, 0.1) is 0 Å². The van der Waals surface area contributed by atoms with E-state index < -0.39 is 5.97 Å². The van der Waals surface area contributed by atoms with E-state index in [1.807, 2.05) is 11.0 Å². The highest BCUT2D eigenvalue weighted by atomic mass is 16.4. The summed E-state index contributed by atoms with van der Waals surface area (Å²) < 4.78 is 0. The molecule has 1 fully saturated rings. The van der Waals surface area contributed by atoms with Crippen molar-refractivity contribution in [2.24, 2.45) is 0 Å². The second-order valence-corrected chi connectivity index (χ2v) is 3.17. The van der Waals surface area contributed by atoms with E-state index in [2.05, 4.69) is 11.9 Å². The molecule has 0 spiro atoms. The van der Waals surface area contributed by atoms with Gasteiger partial charge in [0.2, 0.25) is 0 Å². The van der Waals surface area contributed by atoms with Crippen LogP contribution in [-0.2, 0) is 4.79 Å². The number of piperazine rings is 1. The molecular weight excluding hydrogens is 168 g/mol. The summed E-state index contributed by atoms with van der Waals surface area (Å²) in [7, 11) is 0. The predicted octanol–water partition coefficient (Wildman–Crippen LogP) is -0.0791. The van der Waals surface area contributed by atoms with Gasteiger partial charge in [0.1, 0.15) is 6.04 Å². The second-order valence-electron chi connectivity index (χ2n) is 3.17. The van der Waals surface area contributed by atoms with Crippen molar-refractivity contribution in [1.82, 2.24) is 10.2 Å². The van der Waals surface area contributed by atoms with Crippen molar-refractivity contribution in [2.75, 3.05) is 26.2 Å². The first-order valence-corrected chi connectivity index (χ1v) is 4.54. The Balaban J connectivity index is 2.46. The van der Waals surface area contributed by atoms with Gasteiger partial charge in [-0.05, 0) is 6.42 Å². The average Bonchev–Trinajstić information content (AvgIpc) is 2.15. The van der Waals surface area contributed by atoms with Gasteiger partial charge in [-0.2, -0.15) is 0 Å². The Morgan fingerprint density at radius 1 is 1.77 bits per heavy atom. The predicted molar refractivity (Wildman–Crippen MR) is 50.7 cm³/mol. The van der Waals surface area contributed by atoms with Crippen LogP contribution in [-0.4, -0.2) is 48.2 Å². The first kappa shape index (κ1) is 10.2. The van der Waals surface area contributed by atoms with Crippen LogP contribution in [0.4, 0.5) is 0 Å². The van der Waals surface area contributed by atoms with Gasteiger partial charge in [-0.3, -0.25) is 9.69 Å². The zero-order chi connectivity index (χ0) is 9.68. The van der Waals surface area contributed by atoms with Crippen LogP contribution in [0.3, 0.4) is 0 Å². The van der Waals surface area contributed by atoms with Crippen LogP contribution in [0.5, 0.6) is 0 Å². The fourth-order valence-corrected chi connectivity index (χ4v) is 1.51. The Bertz CT molecular complexity index is 194. The number of aliphatic carboxylic acids is 1. The first-order valence-electron chi connectivity index (χ1n) is 4.54. The molecule has 1 rings (SSSR count). The molecular formula is C9H16N2O2. The minimum atomic E-state index is -0.740. The van der Waals surface area contributed by atoms with Crippen LogP contribution >= 0.6 is 0 Å². The van der Waals surface area contributed by atoms with Gasteiger partial charge in [-0.25, -0.2) is 0 Å². The number of carboxylic acid groups (broad SMARTS) is 1. The van der Waals surface area contributed by atoms with Crippen molar-refractivity contribution >= 4 is 5.97 Å². The third kappa shape index (κ3) is 2.82. The number of carboxylic acids is 1. The topological polar surface area (TPSA) is 52.6 Å². The maximum Gasteiger partial charge on any atom is 0.322 e. The maximum absolute atomic E-state index is 10.8. The number of rotatable bonds is 4. The molecule has 4 nitrogen and oxygen atoms in total. The van der Waals surface area contributed by atoms with Gasteiger partial charge in [0.25, 0.3) is 0 Å². The summed E-state index contributed by atoms with van der Waals surface area (Å²) in [5.74, 6) is -0.740. The first-order chi connectivity index (χ1) is 6.25. The lowest BCUT2D eigenvalue weighted by atomic mass is 10.2. The Kier molecular flexibility index (Phi) is 3.92. The average molecular weight is 184 g/mol. The Morgan fingerprint density at radius 2 is 2.54 bits per heavy atom. The van der Waals surface area contributed by atoms with Crippen molar-refractivity contribution in [2.45, 2.75) is 12.5 Å². The van der Waals surface area contributed by atoms with E-state index in [0.717, 1.165) is 26.1 Å². The molecule has 0 aromatic heterocycles. The van der Waals surface area contributed by atoms with Crippen LogP contribution in [0.25, 0.3) is 0 Å². The lowest BCUT2D eigenvalue weighted by molar-refractivity contribution is -0.143. The van der Waals surface area contributed by atoms with Gasteiger partial charge >= 0.3 is 5.97 Å². The number of nitrogens with one attached hydrogen (secondary N) is 1. The lowest BCUT2D eigenvalue weighted by Crippen LogP contribution is -2.54. The van der Waals surface area contributed by atoms with Crippen molar-refractivity contribution in [3.05, 3.63) is 12.7 Å². The van der Waals surface area contributed by atoms with Gasteiger partial charge in [-0.1, -0.05) is 6.08 Å². The molecule has 1 heterocycles. The van der Waals surface area contributed by atoms with Gasteiger partial charge in [-0.15, -0.1) is 6.58 Å². The molecule has 1 unspecified atom stereocenters. The van der Waals surface area contributed by atoms with Crippen LogP contribution < -0.4 is 5.32 Å². The number of hydrogen-bond donors (Lipinski definition) is 2. The van der Waals surface area contributed by atoms with E-state index in [1.165, 1.54) is 0 Å². The molecule has 1 atom stereocenters. The van der Waals surface area contributed by atoms with Crippen molar-refractivity contribution in [1.29, 1.82) is 0 Å². The Labute approximate surface area is 78.2 Å². The molecule has 13 heavy (non-hydrogen) atoms. The van der Waals surface area contributed by atoms with Crippen LogP contribution in [0.2, 0.25) is 0 Å². The summed E-state index contributed by atoms with van der Waals surface area (Å²) in [6, 6.07) is -0.367. The smallest absolute Gasteiger partial charge is 0.322 e. The minimum Gasteiger partial charge on any atom is -0.480 e. The molecule has 1 saturated heterocycles. The number of nitrogens with zero attached hydrogens (tertiary/aromatic N) is 1. The Morgan fingerprint density at radius 3 is 3.15 bits per heavy atom. The summed E-state index contributed by atoms with van der Waals surface area (Å²) in [5, 5.41) is 12.0. The number of carbonyl (C=O) groups is 1. The zero-order valence-corrected chi connectivity index (χ0v) is 7.70. The highest BCUT2D eigenvalue weighted by Gasteiger charge is 2.27. The summed E-state index contributed by atoms with van der Waals surface area (Å²) in [5.41, 5.74) is 0. The van der Waals surface area contributed by atoms with E-state index in [4.69, 9.17) is 5.11 Å².